The second kappa shape index (κ2) is 17.1. The molecule has 9 rings (SSSR count). The van der Waals surface area contributed by atoms with Crippen molar-refractivity contribution in [1.82, 2.24) is 29.7 Å². The third-order valence-corrected chi connectivity index (χ3v) is 11.6. The number of aliphatic carboxylic acids is 2. The summed E-state index contributed by atoms with van der Waals surface area (Å²) in [6.45, 7) is 0.706. The molecule has 14 nitrogen and oxygen atoms in total. The van der Waals surface area contributed by atoms with E-state index in [0.717, 1.165) is 32.9 Å². The first kappa shape index (κ1) is 40.9. The molecule has 64 heavy (non-hydrogen) atoms. The summed E-state index contributed by atoms with van der Waals surface area (Å²) in [6, 6.07) is 34.3. The number of rotatable bonds is 16. The Morgan fingerprint density at radius 1 is 0.484 bits per heavy atom. The van der Waals surface area contributed by atoms with E-state index in [1.807, 2.05) is 106 Å². The number of carbonyl (C=O) groups excluding carboxylic acids is 4. The van der Waals surface area contributed by atoms with Gasteiger partial charge in [0, 0.05) is 94.3 Å². The van der Waals surface area contributed by atoms with Gasteiger partial charge in [-0.15, -0.1) is 0 Å². The van der Waals surface area contributed by atoms with Gasteiger partial charge < -0.3 is 39.9 Å². The summed E-state index contributed by atoms with van der Waals surface area (Å²) in [5.41, 5.74) is 6.56. The standard InChI is InChI=1S/C50H40N6O8/c57-45(47(59)53-41(49(61)62)21-31-23-51-39-13-5-1-9-33(31)39)37-27-55(43-15-7-3-11-35(37)43)25-29-17-19-30(20-18-29)26-56-28-38(36-12-4-8-16-44(36)56)46(58)48(60)54-42(50(63)64)22-32-24-52-40-14-6-2-10-34(32)40/h1-20,23-24,27-28,41-42,51-52H,21-22,25-26H2,(H,53,59)(H,54,60)(H,61,62)(H,63,64). The summed E-state index contributed by atoms with van der Waals surface area (Å²) in [5.74, 6) is -6.26. The van der Waals surface area contributed by atoms with E-state index < -0.39 is 47.4 Å². The van der Waals surface area contributed by atoms with Crippen LogP contribution in [0, 0.1) is 0 Å². The number of carbonyl (C=O) groups is 6. The number of Topliss-reactive ketones (excluding diaryl/α,β-unsaturated/α-hetero) is 2. The van der Waals surface area contributed by atoms with Gasteiger partial charge in [-0.25, -0.2) is 9.59 Å². The first-order valence-corrected chi connectivity index (χ1v) is 20.5. The van der Waals surface area contributed by atoms with Crippen LogP contribution in [0.15, 0.2) is 146 Å². The SMILES string of the molecule is O=C(NC(Cc1c[nH]c2ccccc12)C(=O)O)C(=O)c1cn(Cc2ccc(Cn3cc(C(=O)C(=O)NC(Cc4c[nH]c5ccccc45)C(=O)O)c4ccccc43)cc2)c2ccccc12. The van der Waals surface area contributed by atoms with E-state index in [1.54, 1.807) is 49.1 Å². The number of aromatic amines is 2. The maximum Gasteiger partial charge on any atom is 0.326 e. The molecule has 0 saturated heterocycles. The van der Waals surface area contributed by atoms with Crippen LogP contribution in [0.5, 0.6) is 0 Å². The highest BCUT2D eigenvalue weighted by Gasteiger charge is 2.29. The summed E-state index contributed by atoms with van der Waals surface area (Å²) >= 11 is 0. The lowest BCUT2D eigenvalue weighted by Gasteiger charge is -2.13. The second-order valence-electron chi connectivity index (χ2n) is 15.7. The molecule has 0 aliphatic rings. The lowest BCUT2D eigenvalue weighted by Crippen LogP contribution is -2.45. The highest BCUT2D eigenvalue weighted by atomic mass is 16.4. The zero-order valence-corrected chi connectivity index (χ0v) is 34.1. The summed E-state index contributed by atoms with van der Waals surface area (Å²) in [5, 5.41) is 27.6. The van der Waals surface area contributed by atoms with Crippen LogP contribution in [-0.2, 0) is 45.1 Å². The van der Waals surface area contributed by atoms with Crippen LogP contribution in [-0.4, -0.2) is 76.7 Å². The van der Waals surface area contributed by atoms with Gasteiger partial charge in [0.15, 0.2) is 0 Å². The highest BCUT2D eigenvalue weighted by molar-refractivity contribution is 6.46. The van der Waals surface area contributed by atoms with Crippen molar-refractivity contribution in [2.75, 3.05) is 0 Å². The summed E-state index contributed by atoms with van der Waals surface area (Å²) < 4.78 is 3.73. The lowest BCUT2D eigenvalue weighted by atomic mass is 10.0. The van der Waals surface area contributed by atoms with E-state index in [1.165, 1.54) is 0 Å². The van der Waals surface area contributed by atoms with Crippen LogP contribution in [0.1, 0.15) is 43.0 Å². The van der Waals surface area contributed by atoms with Gasteiger partial charge in [0.2, 0.25) is 0 Å². The molecule has 2 atom stereocenters. The fourth-order valence-corrected chi connectivity index (χ4v) is 8.39. The predicted molar refractivity (Wildman–Crippen MR) is 240 cm³/mol. The number of fused-ring (bicyclic) bond motifs is 4. The van der Waals surface area contributed by atoms with Gasteiger partial charge in [0.1, 0.15) is 12.1 Å². The zero-order valence-electron chi connectivity index (χ0n) is 34.1. The van der Waals surface area contributed by atoms with Gasteiger partial charge >= 0.3 is 11.9 Å². The molecule has 5 aromatic carbocycles. The molecule has 0 bridgehead atoms. The van der Waals surface area contributed by atoms with Crippen LogP contribution in [0.4, 0.5) is 0 Å². The Hall–Kier alpha value is -8.52. The van der Waals surface area contributed by atoms with Crippen molar-refractivity contribution >= 4 is 78.9 Å². The van der Waals surface area contributed by atoms with Gasteiger partial charge in [-0.1, -0.05) is 97.1 Å². The van der Waals surface area contributed by atoms with Crippen LogP contribution in [0.3, 0.4) is 0 Å². The first-order chi connectivity index (χ1) is 31.0. The number of carboxylic acids is 2. The molecule has 0 aliphatic carbocycles. The van der Waals surface area contributed by atoms with E-state index in [4.69, 9.17) is 0 Å². The van der Waals surface area contributed by atoms with E-state index in [2.05, 4.69) is 20.6 Å². The van der Waals surface area contributed by atoms with Crippen molar-refractivity contribution in [2.24, 2.45) is 0 Å². The summed E-state index contributed by atoms with van der Waals surface area (Å²) in [6.07, 6.45) is 6.59. The molecule has 9 aromatic rings. The normalized spacial score (nSPS) is 12.4. The second-order valence-corrected chi connectivity index (χ2v) is 15.7. The van der Waals surface area contributed by atoms with Gasteiger partial charge in [-0.2, -0.15) is 0 Å². The van der Waals surface area contributed by atoms with Gasteiger partial charge in [-0.3, -0.25) is 19.2 Å². The number of nitrogens with one attached hydrogen (secondary N) is 4. The van der Waals surface area contributed by atoms with Crippen LogP contribution < -0.4 is 10.6 Å². The fourth-order valence-electron chi connectivity index (χ4n) is 8.39. The molecule has 0 aliphatic heterocycles. The van der Waals surface area contributed by atoms with Crippen molar-refractivity contribution < 1.29 is 39.0 Å². The minimum absolute atomic E-state index is 0.0181. The molecule has 2 unspecified atom stereocenters. The quantitative estimate of drug-likeness (QED) is 0.0457. The maximum absolute atomic E-state index is 13.7. The number of para-hydroxylation sites is 4. The van der Waals surface area contributed by atoms with Gasteiger partial charge in [0.25, 0.3) is 23.4 Å². The molecule has 318 valence electrons. The van der Waals surface area contributed by atoms with Crippen molar-refractivity contribution in [3.8, 4) is 0 Å². The molecule has 0 spiro atoms. The Kier molecular flexibility index (Phi) is 10.9. The summed E-state index contributed by atoms with van der Waals surface area (Å²) in [7, 11) is 0. The molecular formula is C50H40N6O8. The van der Waals surface area contributed by atoms with Crippen LogP contribution in [0.2, 0.25) is 0 Å². The molecule has 6 N–H and O–H groups in total. The Labute approximate surface area is 364 Å². The van der Waals surface area contributed by atoms with Crippen molar-refractivity contribution in [3.05, 3.63) is 179 Å². The number of aromatic nitrogens is 4. The number of hydrogen-bond donors (Lipinski definition) is 6. The first-order valence-electron chi connectivity index (χ1n) is 20.5. The van der Waals surface area contributed by atoms with Crippen molar-refractivity contribution in [2.45, 2.75) is 38.0 Å². The molecule has 0 saturated carbocycles. The van der Waals surface area contributed by atoms with Crippen LogP contribution >= 0.6 is 0 Å². The Balaban J connectivity index is 0.888. The molecule has 4 heterocycles. The minimum Gasteiger partial charge on any atom is -0.480 e. The molecule has 0 radical (unpaired) electrons. The largest absolute Gasteiger partial charge is 0.480 e. The number of H-pyrrole nitrogens is 2. The smallest absolute Gasteiger partial charge is 0.326 e. The predicted octanol–water partition coefficient (Wildman–Crippen LogP) is 6.64. The summed E-state index contributed by atoms with van der Waals surface area (Å²) in [4.78, 5) is 84.7. The molecule has 0 fully saturated rings. The van der Waals surface area contributed by atoms with Gasteiger partial charge in [0.05, 0.1) is 11.1 Å². The monoisotopic (exact) mass is 852 g/mol. The molecule has 14 heteroatoms. The van der Waals surface area contributed by atoms with Crippen LogP contribution in [0.25, 0.3) is 43.6 Å². The number of ketones is 2. The Morgan fingerprint density at radius 3 is 1.23 bits per heavy atom. The molecule has 4 aromatic heterocycles. The zero-order chi connectivity index (χ0) is 44.5. The number of hydrogen-bond acceptors (Lipinski definition) is 6. The number of benzene rings is 5. The lowest BCUT2D eigenvalue weighted by molar-refractivity contribution is -0.141. The number of amides is 2. The third-order valence-electron chi connectivity index (χ3n) is 11.6. The number of nitrogens with zero attached hydrogens (tertiary/aromatic N) is 2. The number of carboxylic acid groups (broad SMARTS) is 2. The van der Waals surface area contributed by atoms with E-state index in [9.17, 15) is 39.0 Å². The average Bonchev–Trinajstić information content (AvgIpc) is 4.10. The average molecular weight is 853 g/mol. The van der Waals surface area contributed by atoms with E-state index >= 15 is 0 Å². The minimum atomic E-state index is -1.34. The van der Waals surface area contributed by atoms with Gasteiger partial charge in [-0.05, 0) is 46.5 Å². The third kappa shape index (κ3) is 8.02. The van der Waals surface area contributed by atoms with E-state index in [0.29, 0.717) is 46.0 Å². The molecule has 2 amide bonds. The Bertz CT molecular complexity index is 3080. The highest BCUT2D eigenvalue weighted by Crippen LogP contribution is 2.27. The topological polar surface area (TPSA) is 208 Å². The fraction of sp³-hybridized carbons (Fsp3) is 0.120. The maximum atomic E-state index is 13.7. The van der Waals surface area contributed by atoms with Crippen molar-refractivity contribution in [1.29, 1.82) is 0 Å². The van der Waals surface area contributed by atoms with Crippen molar-refractivity contribution in [3.63, 3.8) is 0 Å². The van der Waals surface area contributed by atoms with E-state index in [-0.39, 0.29) is 24.0 Å². The Morgan fingerprint density at radius 2 is 0.844 bits per heavy atom. The molecular weight excluding hydrogens is 813 g/mol.